The summed E-state index contributed by atoms with van der Waals surface area (Å²) < 4.78 is 32.4. The van der Waals surface area contributed by atoms with Crippen molar-refractivity contribution in [1.29, 1.82) is 0 Å². The number of methoxy groups -OCH3 is 1. The van der Waals surface area contributed by atoms with Crippen molar-refractivity contribution in [3.63, 3.8) is 0 Å². The largest absolute Gasteiger partial charge is 0.497 e. The molecule has 27 heavy (non-hydrogen) atoms. The number of halogens is 3. The minimum atomic E-state index is -0.777. The molecule has 0 radical (unpaired) electrons. The molecule has 0 aromatic heterocycles. The molecule has 0 bridgehead atoms. The van der Waals surface area contributed by atoms with Gasteiger partial charge in [0.25, 0.3) is 0 Å². The van der Waals surface area contributed by atoms with Crippen LogP contribution in [0, 0.1) is 11.6 Å². The molecule has 138 valence electrons. The van der Waals surface area contributed by atoms with Gasteiger partial charge in [-0.1, -0.05) is 12.1 Å². The first kappa shape index (κ1) is 19.0. The van der Waals surface area contributed by atoms with E-state index in [1.54, 1.807) is 37.4 Å². The van der Waals surface area contributed by atoms with E-state index in [-0.39, 0.29) is 5.78 Å². The topological polar surface area (TPSA) is 38.3 Å². The predicted molar refractivity (Wildman–Crippen MR) is 104 cm³/mol. The van der Waals surface area contributed by atoms with E-state index in [2.05, 4.69) is 21.2 Å². The normalized spacial score (nSPS) is 11.7. The zero-order valence-electron chi connectivity index (χ0n) is 14.4. The smallest absolute Gasteiger partial charge is 0.189 e. The lowest BCUT2D eigenvalue weighted by Gasteiger charge is -2.21. The standard InChI is InChI=1S/C21H16BrF2NO2/c1-27-17-10-11-19(18(22)12-17)25-20(13-2-6-15(23)7-3-13)21(26)14-4-8-16(24)9-5-14/h2-12,20,25H,1H3/t20-/m1/s1. The molecule has 3 aromatic carbocycles. The summed E-state index contributed by atoms with van der Waals surface area (Å²) in [5.41, 5.74) is 1.61. The van der Waals surface area contributed by atoms with Gasteiger partial charge < -0.3 is 10.1 Å². The van der Waals surface area contributed by atoms with Gasteiger partial charge in [0, 0.05) is 15.7 Å². The molecule has 0 aliphatic heterocycles. The second-order valence-electron chi connectivity index (χ2n) is 5.85. The Kier molecular flexibility index (Phi) is 5.86. The highest BCUT2D eigenvalue weighted by Crippen LogP contribution is 2.31. The molecule has 0 fully saturated rings. The van der Waals surface area contributed by atoms with Gasteiger partial charge >= 0.3 is 0 Å². The molecule has 1 atom stereocenters. The lowest BCUT2D eigenvalue weighted by Crippen LogP contribution is -2.21. The van der Waals surface area contributed by atoms with Crippen LogP contribution in [0.1, 0.15) is 22.0 Å². The summed E-state index contributed by atoms with van der Waals surface area (Å²) in [7, 11) is 1.56. The van der Waals surface area contributed by atoms with Gasteiger partial charge in [0.05, 0.1) is 7.11 Å². The summed E-state index contributed by atoms with van der Waals surface area (Å²) >= 11 is 3.45. The third kappa shape index (κ3) is 4.52. The fourth-order valence-electron chi connectivity index (χ4n) is 2.63. The number of Topliss-reactive ketones (excluding diaryl/α,β-unsaturated/α-hetero) is 1. The first-order valence-corrected chi connectivity index (χ1v) is 8.92. The zero-order chi connectivity index (χ0) is 19.4. The Hall–Kier alpha value is -2.73. The van der Waals surface area contributed by atoms with Crippen molar-refractivity contribution < 1.29 is 18.3 Å². The minimum absolute atomic E-state index is 0.260. The third-order valence-electron chi connectivity index (χ3n) is 4.07. The Bertz CT molecular complexity index is 943. The number of hydrogen-bond acceptors (Lipinski definition) is 3. The SMILES string of the molecule is COc1ccc(N[C@@H](C(=O)c2ccc(F)cc2)c2ccc(F)cc2)c(Br)c1. The number of ether oxygens (including phenoxy) is 1. The van der Waals surface area contributed by atoms with Crippen molar-refractivity contribution in [2.45, 2.75) is 6.04 Å². The van der Waals surface area contributed by atoms with Crippen molar-refractivity contribution in [2.75, 3.05) is 12.4 Å². The monoisotopic (exact) mass is 431 g/mol. The molecular weight excluding hydrogens is 416 g/mol. The van der Waals surface area contributed by atoms with Crippen molar-refractivity contribution in [2.24, 2.45) is 0 Å². The summed E-state index contributed by atoms with van der Waals surface area (Å²) in [5, 5.41) is 3.18. The highest BCUT2D eigenvalue weighted by Gasteiger charge is 2.23. The van der Waals surface area contributed by atoms with Crippen molar-refractivity contribution in [3.05, 3.63) is 94.0 Å². The molecule has 0 spiro atoms. The first-order chi connectivity index (χ1) is 13.0. The van der Waals surface area contributed by atoms with Crippen molar-refractivity contribution in [3.8, 4) is 5.75 Å². The van der Waals surface area contributed by atoms with E-state index in [4.69, 9.17) is 4.74 Å². The third-order valence-corrected chi connectivity index (χ3v) is 4.73. The van der Waals surface area contributed by atoms with E-state index in [1.165, 1.54) is 36.4 Å². The fraction of sp³-hybridized carbons (Fsp3) is 0.0952. The summed E-state index contributed by atoms with van der Waals surface area (Å²) in [4.78, 5) is 13.1. The van der Waals surface area contributed by atoms with Gasteiger partial charge in [-0.3, -0.25) is 4.79 Å². The molecule has 0 amide bonds. The second-order valence-corrected chi connectivity index (χ2v) is 6.70. The molecule has 3 rings (SSSR count). The van der Waals surface area contributed by atoms with Crippen LogP contribution in [0.15, 0.2) is 71.2 Å². The van der Waals surface area contributed by atoms with Crippen molar-refractivity contribution >= 4 is 27.4 Å². The van der Waals surface area contributed by atoms with Crippen LogP contribution < -0.4 is 10.1 Å². The molecule has 0 heterocycles. The maximum Gasteiger partial charge on any atom is 0.189 e. The number of carbonyl (C=O) groups is 1. The average Bonchev–Trinajstić information content (AvgIpc) is 2.68. The molecule has 3 aromatic rings. The van der Waals surface area contributed by atoms with E-state index in [0.717, 1.165) is 0 Å². The maximum absolute atomic E-state index is 13.3. The molecule has 0 saturated heterocycles. The lowest BCUT2D eigenvalue weighted by atomic mass is 9.97. The summed E-state index contributed by atoms with van der Waals surface area (Å²) in [6.45, 7) is 0. The molecule has 1 N–H and O–H groups in total. The summed E-state index contributed by atoms with van der Waals surface area (Å²) in [6, 6.07) is 15.5. The number of nitrogens with one attached hydrogen (secondary N) is 1. The number of rotatable bonds is 6. The van der Waals surface area contributed by atoms with E-state index in [0.29, 0.717) is 27.0 Å². The van der Waals surface area contributed by atoms with E-state index < -0.39 is 17.7 Å². The van der Waals surface area contributed by atoms with Crippen LogP contribution >= 0.6 is 15.9 Å². The molecule has 3 nitrogen and oxygen atoms in total. The number of hydrogen-bond donors (Lipinski definition) is 1. The zero-order valence-corrected chi connectivity index (χ0v) is 16.0. The molecule has 0 aliphatic rings. The van der Waals surface area contributed by atoms with Gasteiger partial charge in [-0.2, -0.15) is 0 Å². The van der Waals surface area contributed by atoms with E-state index in [9.17, 15) is 13.6 Å². The van der Waals surface area contributed by atoms with Crippen LogP contribution in [0.5, 0.6) is 5.75 Å². The van der Waals surface area contributed by atoms with Gasteiger partial charge in [-0.05, 0) is 76.1 Å². The van der Waals surface area contributed by atoms with E-state index >= 15 is 0 Å². The number of ketones is 1. The Morgan fingerprint density at radius 3 is 2.11 bits per heavy atom. The quantitative estimate of drug-likeness (QED) is 0.503. The first-order valence-electron chi connectivity index (χ1n) is 8.13. The number of benzene rings is 3. The predicted octanol–water partition coefficient (Wildman–Crippen LogP) is 5.77. The fourth-order valence-corrected chi connectivity index (χ4v) is 3.10. The number of carbonyl (C=O) groups excluding carboxylic acids is 1. The average molecular weight is 432 g/mol. The van der Waals surface area contributed by atoms with Gasteiger partial charge in [0.2, 0.25) is 0 Å². The molecular formula is C21H16BrF2NO2. The van der Waals surface area contributed by atoms with Gasteiger partial charge in [0.15, 0.2) is 5.78 Å². The van der Waals surface area contributed by atoms with Crippen LogP contribution in [0.4, 0.5) is 14.5 Å². The van der Waals surface area contributed by atoms with Crippen molar-refractivity contribution in [1.82, 2.24) is 0 Å². The lowest BCUT2D eigenvalue weighted by molar-refractivity contribution is 0.0969. The molecule has 6 heteroatoms. The Morgan fingerprint density at radius 2 is 1.56 bits per heavy atom. The van der Waals surface area contributed by atoms with Crippen LogP contribution in [-0.4, -0.2) is 12.9 Å². The molecule has 0 aliphatic carbocycles. The maximum atomic E-state index is 13.3. The van der Waals surface area contributed by atoms with Crippen LogP contribution in [-0.2, 0) is 0 Å². The Morgan fingerprint density at radius 1 is 0.963 bits per heavy atom. The minimum Gasteiger partial charge on any atom is -0.497 e. The molecule has 0 unspecified atom stereocenters. The second kappa shape index (κ2) is 8.31. The van der Waals surface area contributed by atoms with Crippen LogP contribution in [0.2, 0.25) is 0 Å². The highest BCUT2D eigenvalue weighted by molar-refractivity contribution is 9.10. The number of anilines is 1. The van der Waals surface area contributed by atoms with Gasteiger partial charge in [-0.25, -0.2) is 8.78 Å². The van der Waals surface area contributed by atoms with Gasteiger partial charge in [-0.15, -0.1) is 0 Å². The Balaban J connectivity index is 1.98. The highest BCUT2D eigenvalue weighted by atomic mass is 79.9. The van der Waals surface area contributed by atoms with Crippen LogP contribution in [0.25, 0.3) is 0 Å². The molecule has 0 saturated carbocycles. The van der Waals surface area contributed by atoms with Crippen LogP contribution in [0.3, 0.4) is 0 Å². The summed E-state index contributed by atoms with van der Waals surface area (Å²) in [6.07, 6.45) is 0. The summed E-state index contributed by atoms with van der Waals surface area (Å²) in [5.74, 6) is -0.409. The van der Waals surface area contributed by atoms with Gasteiger partial charge in [0.1, 0.15) is 23.4 Å². The van der Waals surface area contributed by atoms with E-state index in [1.807, 2.05) is 0 Å². The Labute approximate surface area is 164 Å².